The van der Waals surface area contributed by atoms with E-state index in [1.165, 1.54) is 25.7 Å². The van der Waals surface area contributed by atoms with E-state index in [2.05, 4.69) is 11.8 Å². The molecule has 15 heavy (non-hydrogen) atoms. The van der Waals surface area contributed by atoms with Gasteiger partial charge in [0.2, 0.25) is 0 Å². The summed E-state index contributed by atoms with van der Waals surface area (Å²) in [6, 6.07) is 0.764. The number of aliphatic carboxylic acids is 1. The number of rotatable bonds is 4. The maximum absolute atomic E-state index is 10.5. The van der Waals surface area contributed by atoms with Gasteiger partial charge in [0, 0.05) is 19.1 Å². The summed E-state index contributed by atoms with van der Waals surface area (Å²) in [5.74, 6) is 0.648. The number of hydrogen-bond acceptors (Lipinski definition) is 2. The Morgan fingerprint density at radius 3 is 2.73 bits per heavy atom. The van der Waals surface area contributed by atoms with Crippen molar-refractivity contribution in [2.75, 3.05) is 13.1 Å². The molecule has 3 heteroatoms. The van der Waals surface area contributed by atoms with E-state index in [0.717, 1.165) is 25.0 Å². The van der Waals surface area contributed by atoms with Gasteiger partial charge in [0.1, 0.15) is 0 Å². The van der Waals surface area contributed by atoms with Gasteiger partial charge in [-0.25, -0.2) is 0 Å². The van der Waals surface area contributed by atoms with Gasteiger partial charge in [-0.3, -0.25) is 9.69 Å². The molecule has 1 saturated carbocycles. The monoisotopic (exact) mass is 211 g/mol. The van der Waals surface area contributed by atoms with Crippen molar-refractivity contribution in [1.82, 2.24) is 4.90 Å². The van der Waals surface area contributed by atoms with E-state index in [-0.39, 0.29) is 0 Å². The molecule has 0 aromatic heterocycles. The summed E-state index contributed by atoms with van der Waals surface area (Å²) in [5, 5.41) is 8.68. The van der Waals surface area contributed by atoms with Crippen molar-refractivity contribution in [1.29, 1.82) is 0 Å². The van der Waals surface area contributed by atoms with Crippen LogP contribution >= 0.6 is 0 Å². The van der Waals surface area contributed by atoms with Crippen LogP contribution < -0.4 is 0 Å². The van der Waals surface area contributed by atoms with E-state index >= 15 is 0 Å². The number of nitrogens with zero attached hydrogens (tertiary/aromatic N) is 1. The summed E-state index contributed by atoms with van der Waals surface area (Å²) in [4.78, 5) is 13.0. The fourth-order valence-corrected chi connectivity index (χ4v) is 3.23. The Morgan fingerprint density at radius 1 is 1.40 bits per heavy atom. The molecule has 2 unspecified atom stereocenters. The summed E-state index contributed by atoms with van der Waals surface area (Å²) in [6.45, 7) is 4.32. The van der Waals surface area contributed by atoms with Gasteiger partial charge in [-0.1, -0.05) is 19.8 Å². The zero-order valence-electron chi connectivity index (χ0n) is 9.48. The molecule has 3 nitrogen and oxygen atoms in total. The molecule has 0 radical (unpaired) electrons. The molecule has 0 spiro atoms. The lowest BCUT2D eigenvalue weighted by Gasteiger charge is -2.44. The predicted molar refractivity (Wildman–Crippen MR) is 58.7 cm³/mol. The number of likely N-dealkylation sites (tertiary alicyclic amines) is 1. The number of carbonyl (C=O) groups is 1. The summed E-state index contributed by atoms with van der Waals surface area (Å²) in [5.41, 5.74) is 0. The second-order valence-corrected chi connectivity index (χ2v) is 5.08. The van der Waals surface area contributed by atoms with E-state index in [9.17, 15) is 4.79 Å². The van der Waals surface area contributed by atoms with Crippen molar-refractivity contribution in [3.05, 3.63) is 0 Å². The van der Waals surface area contributed by atoms with Crippen molar-refractivity contribution < 1.29 is 9.90 Å². The molecule has 0 aromatic rings. The van der Waals surface area contributed by atoms with Crippen LogP contribution in [0, 0.1) is 11.8 Å². The first kappa shape index (κ1) is 10.9. The number of carboxylic acids is 1. The largest absolute Gasteiger partial charge is 0.481 e. The maximum atomic E-state index is 10.5. The highest BCUT2D eigenvalue weighted by atomic mass is 16.4. The molecule has 1 aliphatic heterocycles. The minimum atomic E-state index is -0.641. The Labute approximate surface area is 91.5 Å². The highest BCUT2D eigenvalue weighted by Crippen LogP contribution is 2.36. The summed E-state index contributed by atoms with van der Waals surface area (Å²) in [6.07, 6.45) is 5.72. The lowest BCUT2D eigenvalue weighted by molar-refractivity contribution is -0.140. The molecule has 2 fully saturated rings. The third-order valence-electron chi connectivity index (χ3n) is 4.06. The fourth-order valence-electron chi connectivity index (χ4n) is 3.23. The normalized spacial score (nSPS) is 32.9. The Morgan fingerprint density at radius 2 is 2.13 bits per heavy atom. The van der Waals surface area contributed by atoms with Gasteiger partial charge >= 0.3 is 5.97 Å². The van der Waals surface area contributed by atoms with Gasteiger partial charge < -0.3 is 5.11 Å². The minimum absolute atomic E-state index is 0.361. The summed E-state index contributed by atoms with van der Waals surface area (Å²) >= 11 is 0. The van der Waals surface area contributed by atoms with Gasteiger partial charge in [0.05, 0.1) is 6.42 Å². The van der Waals surface area contributed by atoms with Gasteiger partial charge in [-0.15, -0.1) is 0 Å². The van der Waals surface area contributed by atoms with Crippen LogP contribution in [0.4, 0.5) is 0 Å². The summed E-state index contributed by atoms with van der Waals surface area (Å²) in [7, 11) is 0. The highest BCUT2D eigenvalue weighted by Gasteiger charge is 2.38. The summed E-state index contributed by atoms with van der Waals surface area (Å²) < 4.78 is 0. The molecular formula is C12H21NO2. The van der Waals surface area contributed by atoms with Crippen LogP contribution in [-0.4, -0.2) is 35.1 Å². The average molecular weight is 211 g/mol. The van der Waals surface area contributed by atoms with Crippen LogP contribution in [0.25, 0.3) is 0 Å². The molecule has 0 aromatic carbocycles. The van der Waals surface area contributed by atoms with Gasteiger partial charge in [-0.05, 0) is 24.7 Å². The minimum Gasteiger partial charge on any atom is -0.481 e. The van der Waals surface area contributed by atoms with E-state index < -0.39 is 5.97 Å². The topological polar surface area (TPSA) is 40.5 Å². The first-order chi connectivity index (χ1) is 7.20. The smallest absolute Gasteiger partial charge is 0.303 e. The van der Waals surface area contributed by atoms with Crippen molar-refractivity contribution in [2.24, 2.45) is 11.8 Å². The molecule has 1 saturated heterocycles. The molecule has 0 amide bonds. The Kier molecular flexibility index (Phi) is 3.29. The second-order valence-electron chi connectivity index (χ2n) is 5.08. The quantitative estimate of drug-likeness (QED) is 0.773. The first-order valence-electron chi connectivity index (χ1n) is 6.16. The zero-order valence-corrected chi connectivity index (χ0v) is 9.48. The molecule has 1 N–H and O–H groups in total. The lowest BCUT2D eigenvalue weighted by atomic mass is 9.90. The molecule has 2 aliphatic rings. The zero-order chi connectivity index (χ0) is 10.8. The number of hydrogen-bond donors (Lipinski definition) is 1. The molecule has 1 heterocycles. The molecule has 86 valence electrons. The van der Waals surface area contributed by atoms with Crippen LogP contribution in [0.5, 0.6) is 0 Å². The van der Waals surface area contributed by atoms with Gasteiger partial charge in [0.15, 0.2) is 0 Å². The third-order valence-corrected chi connectivity index (χ3v) is 4.06. The van der Waals surface area contributed by atoms with E-state index in [0.29, 0.717) is 12.3 Å². The van der Waals surface area contributed by atoms with Crippen LogP contribution in [0.15, 0.2) is 0 Å². The molecule has 0 bridgehead atoms. The van der Waals surface area contributed by atoms with Gasteiger partial charge in [0.25, 0.3) is 0 Å². The lowest BCUT2D eigenvalue weighted by Crippen LogP contribution is -2.53. The Bertz CT molecular complexity index is 236. The van der Waals surface area contributed by atoms with Crippen LogP contribution in [0.2, 0.25) is 0 Å². The van der Waals surface area contributed by atoms with Crippen LogP contribution in [0.1, 0.15) is 39.0 Å². The second kappa shape index (κ2) is 4.52. The molecule has 2 atom stereocenters. The van der Waals surface area contributed by atoms with Gasteiger partial charge in [-0.2, -0.15) is 0 Å². The van der Waals surface area contributed by atoms with Crippen molar-refractivity contribution in [3.8, 4) is 0 Å². The van der Waals surface area contributed by atoms with E-state index in [4.69, 9.17) is 5.11 Å². The average Bonchev–Trinajstić information content (AvgIpc) is 2.57. The SMILES string of the molecule is CCC1CCCC1N1CC(CC(=O)O)C1. The standard InChI is InChI=1S/C12H21NO2/c1-2-10-4-3-5-11(10)13-7-9(8-13)6-12(14)15/h9-11H,2-8H2,1H3,(H,14,15). The Hall–Kier alpha value is -0.570. The fraction of sp³-hybridized carbons (Fsp3) is 0.917. The van der Waals surface area contributed by atoms with Crippen LogP contribution in [-0.2, 0) is 4.79 Å². The van der Waals surface area contributed by atoms with E-state index in [1.807, 2.05) is 0 Å². The van der Waals surface area contributed by atoms with Crippen molar-refractivity contribution in [2.45, 2.75) is 45.1 Å². The molecular weight excluding hydrogens is 190 g/mol. The molecule has 2 rings (SSSR count). The Balaban J connectivity index is 1.76. The van der Waals surface area contributed by atoms with Crippen molar-refractivity contribution >= 4 is 5.97 Å². The first-order valence-corrected chi connectivity index (χ1v) is 6.16. The molecule has 1 aliphatic carbocycles. The predicted octanol–water partition coefficient (Wildman–Crippen LogP) is 1.97. The number of carboxylic acid groups (broad SMARTS) is 1. The maximum Gasteiger partial charge on any atom is 0.303 e. The third kappa shape index (κ3) is 2.33. The van der Waals surface area contributed by atoms with Crippen molar-refractivity contribution in [3.63, 3.8) is 0 Å². The highest BCUT2D eigenvalue weighted by molar-refractivity contribution is 5.67. The van der Waals surface area contributed by atoms with Crippen LogP contribution in [0.3, 0.4) is 0 Å². The van der Waals surface area contributed by atoms with E-state index in [1.54, 1.807) is 0 Å².